The summed E-state index contributed by atoms with van der Waals surface area (Å²) < 4.78 is 5.99. The molecule has 3 rings (SSSR count). The Morgan fingerprint density at radius 3 is 2.71 bits per heavy atom. The van der Waals surface area contributed by atoms with Crippen LogP contribution >= 0.6 is 0 Å². The first-order valence-corrected chi connectivity index (χ1v) is 7.20. The van der Waals surface area contributed by atoms with Crippen molar-refractivity contribution in [2.45, 2.75) is 32.8 Å². The minimum Gasteiger partial charge on any atom is -0.487 e. The largest absolute Gasteiger partial charge is 0.487 e. The molecule has 1 N–H and O–H groups in total. The van der Waals surface area contributed by atoms with Gasteiger partial charge in [0.15, 0.2) is 0 Å². The lowest BCUT2D eigenvalue weighted by Crippen LogP contribution is -2.24. The van der Waals surface area contributed by atoms with Gasteiger partial charge in [0.1, 0.15) is 11.4 Å². The fourth-order valence-corrected chi connectivity index (χ4v) is 2.69. The Labute approximate surface area is 125 Å². The van der Waals surface area contributed by atoms with Gasteiger partial charge < -0.3 is 4.74 Å². The van der Waals surface area contributed by atoms with Gasteiger partial charge >= 0.3 is 0 Å². The SMILES string of the molecule is Cc1cc(C=NNc2ccccc2)cc2c1OC(C)(C)C2. The molecular formula is C18H20N2O. The summed E-state index contributed by atoms with van der Waals surface area (Å²) in [6, 6.07) is 14.2. The number of anilines is 1. The Balaban J connectivity index is 1.77. The van der Waals surface area contributed by atoms with Gasteiger partial charge in [0.05, 0.1) is 11.9 Å². The van der Waals surface area contributed by atoms with Crippen molar-refractivity contribution in [3.8, 4) is 5.75 Å². The molecule has 2 aromatic rings. The van der Waals surface area contributed by atoms with Gasteiger partial charge in [-0.05, 0) is 61.7 Å². The maximum absolute atomic E-state index is 5.99. The minimum absolute atomic E-state index is 0.106. The summed E-state index contributed by atoms with van der Waals surface area (Å²) in [5.74, 6) is 1.04. The second kappa shape index (κ2) is 5.24. The molecular weight excluding hydrogens is 260 g/mol. The van der Waals surface area contributed by atoms with Gasteiger partial charge in [-0.1, -0.05) is 18.2 Å². The molecule has 0 saturated carbocycles. The van der Waals surface area contributed by atoms with E-state index in [0.717, 1.165) is 23.4 Å². The highest BCUT2D eigenvalue weighted by molar-refractivity contribution is 5.81. The van der Waals surface area contributed by atoms with Crippen LogP contribution in [0.25, 0.3) is 0 Å². The maximum Gasteiger partial charge on any atom is 0.126 e. The fourth-order valence-electron chi connectivity index (χ4n) is 2.69. The number of aryl methyl sites for hydroxylation is 1. The molecule has 0 atom stereocenters. The van der Waals surface area contributed by atoms with Crippen molar-refractivity contribution >= 4 is 11.9 Å². The zero-order valence-corrected chi connectivity index (χ0v) is 12.7. The number of nitrogens with zero attached hydrogens (tertiary/aromatic N) is 1. The van der Waals surface area contributed by atoms with Crippen molar-refractivity contribution in [2.24, 2.45) is 5.10 Å². The molecule has 21 heavy (non-hydrogen) atoms. The molecule has 0 spiro atoms. The number of benzene rings is 2. The third-order valence-corrected chi connectivity index (χ3v) is 3.55. The van der Waals surface area contributed by atoms with Gasteiger partial charge in [0, 0.05) is 6.42 Å². The minimum atomic E-state index is -0.106. The van der Waals surface area contributed by atoms with E-state index in [0.29, 0.717) is 0 Å². The number of hydrogen-bond acceptors (Lipinski definition) is 3. The van der Waals surface area contributed by atoms with E-state index in [1.165, 1.54) is 11.1 Å². The lowest BCUT2D eigenvalue weighted by molar-refractivity contribution is 0.137. The van der Waals surface area contributed by atoms with Crippen molar-refractivity contribution in [1.29, 1.82) is 0 Å². The normalized spacial score (nSPS) is 15.8. The van der Waals surface area contributed by atoms with Crippen LogP contribution in [0.15, 0.2) is 47.6 Å². The number of nitrogens with one attached hydrogen (secondary N) is 1. The fraction of sp³-hybridized carbons (Fsp3) is 0.278. The van der Waals surface area contributed by atoms with Crippen LogP contribution in [-0.4, -0.2) is 11.8 Å². The first kappa shape index (κ1) is 13.7. The van der Waals surface area contributed by atoms with Crippen LogP contribution in [0.2, 0.25) is 0 Å². The summed E-state index contributed by atoms with van der Waals surface area (Å²) in [6.45, 7) is 6.33. The first-order valence-electron chi connectivity index (χ1n) is 7.20. The zero-order valence-electron chi connectivity index (χ0n) is 12.7. The first-order chi connectivity index (χ1) is 10.0. The molecule has 1 heterocycles. The van der Waals surface area contributed by atoms with Crippen LogP contribution < -0.4 is 10.2 Å². The van der Waals surface area contributed by atoms with E-state index in [9.17, 15) is 0 Å². The van der Waals surface area contributed by atoms with Crippen LogP contribution in [-0.2, 0) is 6.42 Å². The lowest BCUT2D eigenvalue weighted by Gasteiger charge is -2.17. The van der Waals surface area contributed by atoms with E-state index in [4.69, 9.17) is 4.74 Å². The predicted molar refractivity (Wildman–Crippen MR) is 87.2 cm³/mol. The summed E-state index contributed by atoms with van der Waals surface area (Å²) in [5.41, 5.74) is 7.44. The second-order valence-electron chi connectivity index (χ2n) is 6.10. The quantitative estimate of drug-likeness (QED) is 0.676. The third-order valence-electron chi connectivity index (χ3n) is 3.55. The Morgan fingerprint density at radius 2 is 1.95 bits per heavy atom. The Kier molecular flexibility index (Phi) is 3.42. The Bertz CT molecular complexity index is 675. The van der Waals surface area contributed by atoms with Crippen LogP contribution in [0.3, 0.4) is 0 Å². The van der Waals surface area contributed by atoms with Gasteiger partial charge in [-0.15, -0.1) is 0 Å². The van der Waals surface area contributed by atoms with Crippen LogP contribution in [0.5, 0.6) is 5.75 Å². The molecule has 0 amide bonds. The van der Waals surface area contributed by atoms with Crippen molar-refractivity contribution in [3.05, 3.63) is 59.2 Å². The molecule has 0 aromatic heterocycles. The number of ether oxygens (including phenoxy) is 1. The van der Waals surface area contributed by atoms with Gasteiger partial charge in [-0.3, -0.25) is 5.43 Å². The van der Waals surface area contributed by atoms with E-state index in [1.54, 1.807) is 0 Å². The summed E-state index contributed by atoms with van der Waals surface area (Å²) >= 11 is 0. The molecule has 0 saturated heterocycles. The number of para-hydroxylation sites is 1. The molecule has 0 fully saturated rings. The molecule has 0 aliphatic carbocycles. The highest BCUT2D eigenvalue weighted by atomic mass is 16.5. The van der Waals surface area contributed by atoms with Crippen LogP contribution in [0.4, 0.5) is 5.69 Å². The lowest BCUT2D eigenvalue weighted by atomic mass is 9.99. The summed E-state index contributed by atoms with van der Waals surface area (Å²) in [4.78, 5) is 0. The van der Waals surface area contributed by atoms with Gasteiger partial charge in [-0.25, -0.2) is 0 Å². The third kappa shape index (κ3) is 3.07. The zero-order chi connectivity index (χ0) is 14.9. The van der Waals surface area contributed by atoms with Crippen molar-refractivity contribution < 1.29 is 4.74 Å². The number of hydrogen-bond donors (Lipinski definition) is 1. The van der Waals surface area contributed by atoms with E-state index in [1.807, 2.05) is 36.5 Å². The van der Waals surface area contributed by atoms with E-state index in [-0.39, 0.29) is 5.60 Å². The standard InChI is InChI=1S/C18H20N2O/c1-13-9-14(10-15-11-18(2,3)21-17(13)15)12-19-20-16-7-5-4-6-8-16/h4-10,12,20H,11H2,1-3H3. The Morgan fingerprint density at radius 1 is 1.19 bits per heavy atom. The van der Waals surface area contributed by atoms with Gasteiger partial charge in [0.2, 0.25) is 0 Å². The van der Waals surface area contributed by atoms with Crippen LogP contribution in [0, 0.1) is 6.92 Å². The summed E-state index contributed by atoms with van der Waals surface area (Å²) in [7, 11) is 0. The predicted octanol–water partition coefficient (Wildman–Crippen LogP) is 4.15. The van der Waals surface area contributed by atoms with E-state index >= 15 is 0 Å². The Hall–Kier alpha value is -2.29. The van der Waals surface area contributed by atoms with E-state index < -0.39 is 0 Å². The van der Waals surface area contributed by atoms with Crippen molar-refractivity contribution in [3.63, 3.8) is 0 Å². The molecule has 1 aliphatic rings. The second-order valence-corrected chi connectivity index (χ2v) is 6.10. The number of hydrazone groups is 1. The highest BCUT2D eigenvalue weighted by Crippen LogP contribution is 2.37. The average Bonchev–Trinajstić information content (AvgIpc) is 2.75. The summed E-state index contributed by atoms with van der Waals surface area (Å²) in [6.07, 6.45) is 2.79. The molecule has 1 aliphatic heterocycles. The molecule has 3 nitrogen and oxygen atoms in total. The number of fused-ring (bicyclic) bond motifs is 1. The summed E-state index contributed by atoms with van der Waals surface area (Å²) in [5, 5.41) is 4.30. The van der Waals surface area contributed by atoms with Crippen molar-refractivity contribution in [2.75, 3.05) is 5.43 Å². The molecule has 3 heteroatoms. The topological polar surface area (TPSA) is 33.6 Å². The van der Waals surface area contributed by atoms with Crippen LogP contribution in [0.1, 0.15) is 30.5 Å². The van der Waals surface area contributed by atoms with Gasteiger partial charge in [0.25, 0.3) is 0 Å². The molecule has 0 bridgehead atoms. The maximum atomic E-state index is 5.99. The molecule has 0 radical (unpaired) electrons. The highest BCUT2D eigenvalue weighted by Gasteiger charge is 2.31. The monoisotopic (exact) mass is 280 g/mol. The van der Waals surface area contributed by atoms with Crippen molar-refractivity contribution in [1.82, 2.24) is 0 Å². The molecule has 2 aromatic carbocycles. The van der Waals surface area contributed by atoms with E-state index in [2.05, 4.69) is 43.4 Å². The average molecular weight is 280 g/mol. The molecule has 0 unspecified atom stereocenters. The molecule has 108 valence electrons. The van der Waals surface area contributed by atoms with Gasteiger partial charge in [-0.2, -0.15) is 5.10 Å². The number of rotatable bonds is 3. The smallest absolute Gasteiger partial charge is 0.126 e.